The van der Waals surface area contributed by atoms with Crippen molar-refractivity contribution in [2.24, 2.45) is 0 Å². The Hall–Kier alpha value is -2.90. The second-order valence-corrected chi connectivity index (χ2v) is 4.38. The molecular formula is C15H12F3NO4. The molecule has 0 spiro atoms. The van der Waals surface area contributed by atoms with Gasteiger partial charge in [0.15, 0.2) is 17.2 Å². The minimum absolute atomic E-state index is 0.0135. The molecule has 2 N–H and O–H groups in total. The fourth-order valence-electron chi connectivity index (χ4n) is 1.80. The summed E-state index contributed by atoms with van der Waals surface area (Å²) in [5.41, 5.74) is 4.53. The number of carbonyl (C=O) groups is 1. The predicted molar refractivity (Wildman–Crippen MR) is 75.6 cm³/mol. The minimum Gasteiger partial charge on any atom is -0.493 e. The van der Waals surface area contributed by atoms with Crippen molar-refractivity contribution in [2.45, 2.75) is 6.18 Å². The molecule has 0 saturated heterocycles. The summed E-state index contributed by atoms with van der Waals surface area (Å²) in [4.78, 5) is 10.4. The summed E-state index contributed by atoms with van der Waals surface area (Å²) in [6.45, 7) is 0.234. The number of anilines is 1. The number of alkyl halides is 3. The highest BCUT2D eigenvalue weighted by Crippen LogP contribution is 2.39. The first-order chi connectivity index (χ1) is 10.8. The molecule has 0 heterocycles. The highest BCUT2D eigenvalue weighted by atomic mass is 19.4. The van der Waals surface area contributed by atoms with Gasteiger partial charge in [-0.3, -0.25) is 4.79 Å². The maximum atomic E-state index is 12.6. The van der Waals surface area contributed by atoms with E-state index in [9.17, 15) is 18.0 Å². The third-order valence-electron chi connectivity index (χ3n) is 2.88. The molecule has 0 aliphatic rings. The van der Waals surface area contributed by atoms with Crippen molar-refractivity contribution in [1.82, 2.24) is 0 Å². The van der Waals surface area contributed by atoms with Crippen LogP contribution in [0.25, 0.3) is 0 Å². The molecule has 0 bridgehead atoms. The van der Waals surface area contributed by atoms with E-state index in [1.54, 1.807) is 0 Å². The summed E-state index contributed by atoms with van der Waals surface area (Å²) in [6.07, 6.45) is -4.50. The third-order valence-corrected chi connectivity index (χ3v) is 2.88. The molecule has 0 saturated carbocycles. The average molecular weight is 327 g/mol. The van der Waals surface area contributed by atoms with Crippen LogP contribution in [0.1, 0.15) is 5.56 Å². The van der Waals surface area contributed by atoms with E-state index in [1.165, 1.54) is 25.3 Å². The molecule has 2 aromatic rings. The fraction of sp³-hybridized carbons (Fsp3) is 0.133. The lowest BCUT2D eigenvalue weighted by Crippen LogP contribution is -2.06. The molecule has 0 atom stereocenters. The Balaban J connectivity index is 2.35. The maximum absolute atomic E-state index is 12.6. The van der Waals surface area contributed by atoms with Crippen LogP contribution < -0.4 is 19.9 Å². The lowest BCUT2D eigenvalue weighted by Gasteiger charge is -2.14. The minimum atomic E-state index is -4.50. The van der Waals surface area contributed by atoms with Crippen molar-refractivity contribution in [1.29, 1.82) is 0 Å². The predicted octanol–water partition coefficient (Wildman–Crippen LogP) is 3.62. The van der Waals surface area contributed by atoms with Crippen molar-refractivity contribution >= 4 is 12.2 Å². The number of ether oxygens (including phenoxy) is 3. The number of carbonyl (C=O) groups excluding carboxylic acids is 1. The van der Waals surface area contributed by atoms with Crippen LogP contribution in [0, 0.1) is 0 Å². The quantitative estimate of drug-likeness (QED) is 0.671. The molecule has 2 aromatic carbocycles. The van der Waals surface area contributed by atoms with E-state index in [0.717, 1.165) is 18.2 Å². The lowest BCUT2D eigenvalue weighted by atomic mass is 10.2. The molecule has 23 heavy (non-hydrogen) atoms. The van der Waals surface area contributed by atoms with Crippen molar-refractivity contribution in [2.75, 3.05) is 12.8 Å². The first kappa shape index (κ1) is 16.5. The van der Waals surface area contributed by atoms with E-state index >= 15 is 0 Å². The molecule has 0 amide bonds. The van der Waals surface area contributed by atoms with Gasteiger partial charge in [-0.2, -0.15) is 13.2 Å². The van der Waals surface area contributed by atoms with E-state index in [0.29, 0.717) is 5.75 Å². The Morgan fingerprint density at radius 2 is 1.74 bits per heavy atom. The first-order valence-corrected chi connectivity index (χ1v) is 6.28. The van der Waals surface area contributed by atoms with Gasteiger partial charge in [0, 0.05) is 6.07 Å². The van der Waals surface area contributed by atoms with Crippen LogP contribution in [0.2, 0.25) is 0 Å². The van der Waals surface area contributed by atoms with Crippen LogP contribution in [0.4, 0.5) is 18.9 Å². The normalized spacial score (nSPS) is 11.0. The van der Waals surface area contributed by atoms with Crippen LogP contribution >= 0.6 is 0 Å². The van der Waals surface area contributed by atoms with Gasteiger partial charge in [0.2, 0.25) is 0 Å². The molecule has 0 aliphatic heterocycles. The topological polar surface area (TPSA) is 70.8 Å². The van der Waals surface area contributed by atoms with Crippen LogP contribution in [0.3, 0.4) is 0 Å². The standard InChI is InChI=1S/C15H12F3NO4/c1-21-13-5-3-10(22-8-20)7-14(13)23-12-4-2-9(6-11(12)19)15(16,17)18/h2-8H,19H2,1H3. The van der Waals surface area contributed by atoms with Crippen molar-refractivity contribution < 1.29 is 32.2 Å². The fourth-order valence-corrected chi connectivity index (χ4v) is 1.80. The van der Waals surface area contributed by atoms with Crippen molar-refractivity contribution in [3.8, 4) is 23.0 Å². The molecule has 5 nitrogen and oxygen atoms in total. The van der Waals surface area contributed by atoms with Crippen molar-refractivity contribution in [3.05, 3.63) is 42.0 Å². The van der Waals surface area contributed by atoms with Gasteiger partial charge < -0.3 is 19.9 Å². The van der Waals surface area contributed by atoms with Crippen LogP contribution in [-0.4, -0.2) is 13.6 Å². The smallest absolute Gasteiger partial charge is 0.416 e. The van der Waals surface area contributed by atoms with Gasteiger partial charge in [0.1, 0.15) is 5.75 Å². The number of methoxy groups -OCH3 is 1. The number of halogens is 3. The molecule has 0 aliphatic carbocycles. The van der Waals surface area contributed by atoms with Gasteiger partial charge in [-0.1, -0.05) is 0 Å². The summed E-state index contributed by atoms with van der Waals surface area (Å²) in [5, 5.41) is 0. The van der Waals surface area contributed by atoms with Gasteiger partial charge in [-0.15, -0.1) is 0 Å². The molecule has 0 radical (unpaired) electrons. The average Bonchev–Trinajstić information content (AvgIpc) is 2.49. The first-order valence-electron chi connectivity index (χ1n) is 6.28. The van der Waals surface area contributed by atoms with E-state index in [-0.39, 0.29) is 29.4 Å². The largest absolute Gasteiger partial charge is 0.493 e. The molecule has 2 rings (SSSR count). The Morgan fingerprint density at radius 1 is 1.04 bits per heavy atom. The summed E-state index contributed by atoms with van der Waals surface area (Å²) in [7, 11) is 1.39. The molecule has 0 unspecified atom stereocenters. The summed E-state index contributed by atoms with van der Waals surface area (Å²) in [5.74, 6) is 0.627. The Kier molecular flexibility index (Phi) is 4.63. The Bertz CT molecular complexity index is 716. The van der Waals surface area contributed by atoms with E-state index in [2.05, 4.69) is 4.74 Å². The van der Waals surface area contributed by atoms with Crippen molar-refractivity contribution in [3.63, 3.8) is 0 Å². The molecule has 0 aromatic heterocycles. The van der Waals surface area contributed by atoms with Gasteiger partial charge in [0.25, 0.3) is 6.47 Å². The van der Waals surface area contributed by atoms with E-state index in [1.807, 2.05) is 0 Å². The molecule has 122 valence electrons. The number of hydrogen-bond acceptors (Lipinski definition) is 5. The van der Waals surface area contributed by atoms with E-state index in [4.69, 9.17) is 15.2 Å². The maximum Gasteiger partial charge on any atom is 0.416 e. The van der Waals surface area contributed by atoms with Crippen LogP contribution in [0.5, 0.6) is 23.0 Å². The van der Waals surface area contributed by atoms with E-state index < -0.39 is 11.7 Å². The highest BCUT2D eigenvalue weighted by Gasteiger charge is 2.31. The van der Waals surface area contributed by atoms with Crippen LogP contribution in [0.15, 0.2) is 36.4 Å². The zero-order valence-corrected chi connectivity index (χ0v) is 11.9. The highest BCUT2D eigenvalue weighted by molar-refractivity contribution is 5.58. The molecular weight excluding hydrogens is 315 g/mol. The zero-order chi connectivity index (χ0) is 17.0. The SMILES string of the molecule is COc1ccc(OC=O)cc1Oc1ccc(C(F)(F)F)cc1N. The number of nitrogens with two attached hydrogens (primary N) is 1. The lowest BCUT2D eigenvalue weighted by molar-refractivity contribution is -0.137. The monoisotopic (exact) mass is 327 g/mol. The third kappa shape index (κ3) is 3.85. The second-order valence-electron chi connectivity index (χ2n) is 4.38. The number of nitrogen functional groups attached to an aromatic ring is 1. The Morgan fingerprint density at radius 3 is 2.30 bits per heavy atom. The summed E-state index contributed by atoms with van der Waals surface area (Å²) in [6, 6.07) is 7.03. The number of benzene rings is 2. The summed E-state index contributed by atoms with van der Waals surface area (Å²) < 4.78 is 53.1. The van der Waals surface area contributed by atoms with Gasteiger partial charge >= 0.3 is 6.18 Å². The second kappa shape index (κ2) is 6.47. The Labute approximate surface area is 129 Å². The van der Waals surface area contributed by atoms with Crippen LogP contribution in [-0.2, 0) is 11.0 Å². The van der Waals surface area contributed by atoms with Gasteiger partial charge in [-0.05, 0) is 30.3 Å². The number of rotatable bonds is 5. The van der Waals surface area contributed by atoms with Gasteiger partial charge in [0.05, 0.1) is 18.4 Å². The van der Waals surface area contributed by atoms with Gasteiger partial charge in [-0.25, -0.2) is 0 Å². The zero-order valence-electron chi connectivity index (χ0n) is 11.9. The number of hydrogen-bond donors (Lipinski definition) is 1. The molecule has 0 fully saturated rings. The summed E-state index contributed by atoms with van der Waals surface area (Å²) >= 11 is 0. The molecule has 8 heteroatoms.